The van der Waals surface area contributed by atoms with Gasteiger partial charge in [0.2, 0.25) is 4.46 Å². The predicted molar refractivity (Wildman–Crippen MR) is 137 cm³/mol. The predicted octanol–water partition coefficient (Wildman–Crippen LogP) is 6.84. The van der Waals surface area contributed by atoms with Gasteiger partial charge in [0.05, 0.1) is 11.4 Å². The highest BCUT2D eigenvalue weighted by molar-refractivity contribution is 6.48. The van der Waals surface area contributed by atoms with Crippen LogP contribution < -0.4 is 10.0 Å². The summed E-state index contributed by atoms with van der Waals surface area (Å²) in [5.74, 6) is 0.642. The molecule has 0 radical (unpaired) electrons. The molecule has 0 aliphatic carbocycles. The van der Waals surface area contributed by atoms with E-state index >= 15 is 0 Å². The van der Waals surface area contributed by atoms with Gasteiger partial charge in [0.25, 0.3) is 0 Å². The maximum atomic E-state index is 7.17. The molecule has 1 aliphatic rings. The molecular formula is C27H22Cl2N4. The number of halogens is 2. The monoisotopic (exact) mass is 472 g/mol. The van der Waals surface area contributed by atoms with Crippen molar-refractivity contribution in [3.05, 3.63) is 132 Å². The molecule has 0 spiro atoms. The Morgan fingerprint density at radius 1 is 0.606 bits per heavy atom. The lowest BCUT2D eigenvalue weighted by molar-refractivity contribution is 0.310. The fourth-order valence-electron chi connectivity index (χ4n) is 3.84. The van der Waals surface area contributed by atoms with Crippen LogP contribution >= 0.6 is 23.2 Å². The van der Waals surface area contributed by atoms with Gasteiger partial charge in [-0.1, -0.05) is 120 Å². The number of hydrazone groups is 1. The van der Waals surface area contributed by atoms with E-state index in [1.807, 2.05) is 131 Å². The van der Waals surface area contributed by atoms with Gasteiger partial charge in [-0.3, -0.25) is 5.01 Å². The average molecular weight is 473 g/mol. The van der Waals surface area contributed by atoms with E-state index in [0.717, 1.165) is 22.5 Å². The summed E-state index contributed by atoms with van der Waals surface area (Å²) in [6.07, 6.45) is 0. The van der Waals surface area contributed by atoms with E-state index in [9.17, 15) is 0 Å². The third-order valence-electron chi connectivity index (χ3n) is 5.45. The van der Waals surface area contributed by atoms with Gasteiger partial charge in [0.1, 0.15) is 6.67 Å². The molecule has 0 atom stereocenters. The zero-order valence-electron chi connectivity index (χ0n) is 17.8. The Morgan fingerprint density at radius 2 is 1.09 bits per heavy atom. The van der Waals surface area contributed by atoms with Crippen molar-refractivity contribution in [2.75, 3.05) is 16.7 Å². The summed E-state index contributed by atoms with van der Waals surface area (Å²) in [4.78, 5) is 0. The molecule has 4 aromatic rings. The van der Waals surface area contributed by atoms with Gasteiger partial charge >= 0.3 is 0 Å². The van der Waals surface area contributed by atoms with Gasteiger partial charge in [0.15, 0.2) is 5.84 Å². The highest BCUT2D eigenvalue weighted by atomic mass is 35.5. The molecule has 0 aromatic heterocycles. The molecular weight excluding hydrogens is 451 g/mol. The van der Waals surface area contributed by atoms with E-state index in [4.69, 9.17) is 28.3 Å². The molecule has 0 bridgehead atoms. The maximum absolute atomic E-state index is 7.17. The number of benzene rings is 4. The SMILES string of the molecule is ClC(Cl)(c1ccccc1)N1C(c2ccccc2)=NN(c2ccccc2)CN1c1ccccc1. The van der Waals surface area contributed by atoms with Crippen molar-refractivity contribution in [2.45, 2.75) is 4.46 Å². The van der Waals surface area contributed by atoms with Crippen molar-refractivity contribution in [3.63, 3.8) is 0 Å². The molecule has 5 rings (SSSR count). The zero-order valence-corrected chi connectivity index (χ0v) is 19.3. The van der Waals surface area contributed by atoms with Gasteiger partial charge in [-0.2, -0.15) is 5.10 Å². The van der Waals surface area contributed by atoms with Crippen LogP contribution in [0.5, 0.6) is 0 Å². The molecule has 0 unspecified atom stereocenters. The van der Waals surface area contributed by atoms with E-state index < -0.39 is 4.46 Å². The first-order valence-electron chi connectivity index (χ1n) is 10.7. The highest BCUT2D eigenvalue weighted by Crippen LogP contribution is 2.43. The number of anilines is 2. The van der Waals surface area contributed by atoms with Gasteiger partial charge in [-0.05, 0) is 24.3 Å². The molecule has 1 aliphatic heterocycles. The Hall–Kier alpha value is -3.47. The Morgan fingerprint density at radius 3 is 1.67 bits per heavy atom. The van der Waals surface area contributed by atoms with Crippen LogP contribution in [0.25, 0.3) is 0 Å². The fourth-order valence-corrected chi connectivity index (χ4v) is 4.44. The van der Waals surface area contributed by atoms with Crippen LogP contribution in [0.15, 0.2) is 126 Å². The molecule has 6 heteroatoms. The number of hydrogen-bond acceptors (Lipinski definition) is 4. The van der Waals surface area contributed by atoms with Crippen LogP contribution in [0, 0.1) is 0 Å². The molecule has 0 amide bonds. The summed E-state index contributed by atoms with van der Waals surface area (Å²) < 4.78 is -1.41. The highest BCUT2D eigenvalue weighted by Gasteiger charge is 2.44. The van der Waals surface area contributed by atoms with Crippen molar-refractivity contribution in [3.8, 4) is 0 Å². The van der Waals surface area contributed by atoms with E-state index in [2.05, 4.69) is 5.01 Å². The quantitative estimate of drug-likeness (QED) is 0.234. The molecule has 0 saturated heterocycles. The van der Waals surface area contributed by atoms with Crippen molar-refractivity contribution in [2.24, 2.45) is 5.10 Å². The van der Waals surface area contributed by atoms with Crippen molar-refractivity contribution in [1.29, 1.82) is 0 Å². The number of nitrogens with zero attached hydrogens (tertiary/aromatic N) is 4. The first kappa shape index (κ1) is 21.4. The lowest BCUT2D eigenvalue weighted by Crippen LogP contribution is -2.60. The zero-order chi connectivity index (χ0) is 22.7. The lowest BCUT2D eigenvalue weighted by Gasteiger charge is -2.49. The first-order valence-corrected chi connectivity index (χ1v) is 11.4. The van der Waals surface area contributed by atoms with Gasteiger partial charge < -0.3 is 0 Å². The Bertz CT molecular complexity index is 1220. The summed E-state index contributed by atoms with van der Waals surface area (Å²) in [6.45, 7) is 0.429. The summed E-state index contributed by atoms with van der Waals surface area (Å²) in [5, 5.41) is 10.9. The number of alkyl halides is 2. The third kappa shape index (κ3) is 4.28. The number of amidine groups is 1. The van der Waals surface area contributed by atoms with E-state index in [-0.39, 0.29) is 0 Å². The summed E-state index contributed by atoms with van der Waals surface area (Å²) in [7, 11) is 0. The number of hydrazine groups is 1. The van der Waals surface area contributed by atoms with Crippen LogP contribution in [0.4, 0.5) is 11.4 Å². The molecule has 4 nitrogen and oxygen atoms in total. The van der Waals surface area contributed by atoms with Crippen molar-refractivity contribution in [1.82, 2.24) is 5.01 Å². The van der Waals surface area contributed by atoms with Crippen LogP contribution in [0.2, 0.25) is 0 Å². The van der Waals surface area contributed by atoms with Crippen LogP contribution in [-0.2, 0) is 4.46 Å². The molecule has 164 valence electrons. The number of hydrogen-bond donors (Lipinski definition) is 0. The second-order valence-corrected chi connectivity index (χ2v) is 8.91. The minimum Gasteiger partial charge on any atom is -0.259 e. The standard InChI is InChI=1S/C27H22Cl2N4/c28-27(29,23-15-7-2-8-16-23)33-26(22-13-5-1-6-14-22)30-31(24-17-9-3-10-18-24)21-32(33)25-19-11-4-12-20-25/h1-20H,21H2. The van der Waals surface area contributed by atoms with E-state index in [1.165, 1.54) is 0 Å². The summed E-state index contributed by atoms with van der Waals surface area (Å²) in [5.41, 5.74) is 3.58. The Balaban J connectivity index is 1.72. The molecule has 0 N–H and O–H groups in total. The topological polar surface area (TPSA) is 22.1 Å². The van der Waals surface area contributed by atoms with Crippen molar-refractivity contribution < 1.29 is 0 Å². The minimum absolute atomic E-state index is 0.429. The molecule has 0 fully saturated rings. The summed E-state index contributed by atoms with van der Waals surface area (Å²) >= 11 is 14.3. The fraction of sp³-hybridized carbons (Fsp3) is 0.0741. The first-order chi connectivity index (χ1) is 16.1. The van der Waals surface area contributed by atoms with E-state index in [1.54, 1.807) is 0 Å². The van der Waals surface area contributed by atoms with Crippen LogP contribution in [0.1, 0.15) is 11.1 Å². The number of rotatable bonds is 5. The molecule has 4 aromatic carbocycles. The van der Waals surface area contributed by atoms with Crippen LogP contribution in [-0.4, -0.2) is 17.5 Å². The molecule has 0 saturated carbocycles. The molecule has 33 heavy (non-hydrogen) atoms. The van der Waals surface area contributed by atoms with Gasteiger partial charge in [-0.25, -0.2) is 10.0 Å². The third-order valence-corrected chi connectivity index (χ3v) is 6.21. The maximum Gasteiger partial charge on any atom is 0.235 e. The Kier molecular flexibility index (Phi) is 5.95. The smallest absolute Gasteiger partial charge is 0.235 e. The molecule has 1 heterocycles. The second-order valence-electron chi connectivity index (χ2n) is 7.62. The van der Waals surface area contributed by atoms with Crippen LogP contribution in [0.3, 0.4) is 0 Å². The number of para-hydroxylation sites is 2. The van der Waals surface area contributed by atoms with Gasteiger partial charge in [0, 0.05) is 11.1 Å². The van der Waals surface area contributed by atoms with Crippen molar-refractivity contribution >= 4 is 40.4 Å². The average Bonchev–Trinajstić information content (AvgIpc) is 2.90. The summed E-state index contributed by atoms with van der Waals surface area (Å²) in [6, 6.07) is 39.8. The minimum atomic E-state index is -1.41. The normalized spacial score (nSPS) is 14.2. The van der Waals surface area contributed by atoms with Gasteiger partial charge in [-0.15, -0.1) is 0 Å². The lowest BCUT2D eigenvalue weighted by atomic mass is 10.1. The second kappa shape index (κ2) is 9.18. The Labute approximate surface area is 203 Å². The largest absolute Gasteiger partial charge is 0.259 e. The van der Waals surface area contributed by atoms with E-state index in [0.29, 0.717) is 12.5 Å².